The molecule has 0 bridgehead atoms. The van der Waals surface area contributed by atoms with Crippen LogP contribution in [0.4, 0.5) is 8.78 Å². The SMILES string of the molecule is CC(N)C(=O)c1ccccc1OC(F)F. The number of alkyl halides is 2. The highest BCUT2D eigenvalue weighted by atomic mass is 19.3. The van der Waals surface area contributed by atoms with Gasteiger partial charge in [0.05, 0.1) is 11.6 Å². The molecule has 5 heteroatoms. The summed E-state index contributed by atoms with van der Waals surface area (Å²) in [6.07, 6.45) is 0. The third kappa shape index (κ3) is 2.99. The number of halogens is 2. The van der Waals surface area contributed by atoms with E-state index >= 15 is 0 Å². The number of Topliss-reactive ketones (excluding diaryl/α,β-unsaturated/α-hetero) is 1. The van der Waals surface area contributed by atoms with Crippen molar-refractivity contribution in [3.05, 3.63) is 29.8 Å². The quantitative estimate of drug-likeness (QED) is 0.779. The monoisotopic (exact) mass is 215 g/mol. The number of para-hydroxylation sites is 1. The fourth-order valence-corrected chi connectivity index (χ4v) is 1.11. The Kier molecular flexibility index (Phi) is 3.74. The zero-order chi connectivity index (χ0) is 11.4. The minimum Gasteiger partial charge on any atom is -0.434 e. The number of benzene rings is 1. The fraction of sp³-hybridized carbons (Fsp3) is 0.300. The Hall–Kier alpha value is -1.49. The van der Waals surface area contributed by atoms with E-state index in [1.165, 1.54) is 25.1 Å². The van der Waals surface area contributed by atoms with Gasteiger partial charge >= 0.3 is 6.61 Å². The van der Waals surface area contributed by atoms with Crippen molar-refractivity contribution in [3.8, 4) is 5.75 Å². The average Bonchev–Trinajstić information content (AvgIpc) is 2.16. The Bertz CT molecular complexity index is 353. The summed E-state index contributed by atoms with van der Waals surface area (Å²) in [6.45, 7) is -1.46. The highest BCUT2D eigenvalue weighted by Crippen LogP contribution is 2.21. The van der Waals surface area contributed by atoms with Gasteiger partial charge in [-0.05, 0) is 19.1 Å². The summed E-state index contributed by atoms with van der Waals surface area (Å²) < 4.78 is 28.2. The van der Waals surface area contributed by atoms with Crippen molar-refractivity contribution >= 4 is 5.78 Å². The molecule has 0 aliphatic rings. The van der Waals surface area contributed by atoms with Gasteiger partial charge < -0.3 is 10.5 Å². The van der Waals surface area contributed by atoms with Gasteiger partial charge in [-0.2, -0.15) is 8.78 Å². The van der Waals surface area contributed by atoms with E-state index < -0.39 is 18.4 Å². The predicted molar refractivity (Wildman–Crippen MR) is 51.1 cm³/mol. The topological polar surface area (TPSA) is 52.3 Å². The second-order valence-electron chi connectivity index (χ2n) is 3.03. The van der Waals surface area contributed by atoms with Crippen molar-refractivity contribution in [2.45, 2.75) is 19.6 Å². The first kappa shape index (κ1) is 11.6. The molecule has 0 fully saturated rings. The summed E-state index contributed by atoms with van der Waals surface area (Å²) in [4.78, 5) is 11.5. The minimum atomic E-state index is -2.95. The third-order valence-corrected chi connectivity index (χ3v) is 1.78. The molecule has 0 aromatic heterocycles. The maximum Gasteiger partial charge on any atom is 0.387 e. The fourth-order valence-electron chi connectivity index (χ4n) is 1.11. The summed E-state index contributed by atoms with van der Waals surface area (Å²) in [5.74, 6) is -0.568. The lowest BCUT2D eigenvalue weighted by molar-refractivity contribution is -0.0501. The first-order chi connectivity index (χ1) is 7.02. The molecular weight excluding hydrogens is 204 g/mol. The lowest BCUT2D eigenvalue weighted by Crippen LogP contribution is -2.27. The molecule has 0 saturated carbocycles. The molecule has 15 heavy (non-hydrogen) atoms. The first-order valence-corrected chi connectivity index (χ1v) is 4.36. The standard InChI is InChI=1S/C10H11F2NO2/c1-6(13)9(14)7-4-2-3-5-8(7)15-10(11)12/h2-6,10H,13H2,1H3. The van der Waals surface area contributed by atoms with Crippen LogP contribution in [-0.4, -0.2) is 18.4 Å². The van der Waals surface area contributed by atoms with Gasteiger partial charge in [0.15, 0.2) is 5.78 Å². The molecule has 0 saturated heterocycles. The number of ether oxygens (including phenoxy) is 1. The molecular formula is C10H11F2NO2. The number of hydrogen-bond donors (Lipinski definition) is 1. The number of ketones is 1. The van der Waals surface area contributed by atoms with Gasteiger partial charge in [-0.25, -0.2) is 0 Å². The van der Waals surface area contributed by atoms with E-state index in [4.69, 9.17) is 5.73 Å². The molecule has 3 nitrogen and oxygen atoms in total. The van der Waals surface area contributed by atoms with E-state index in [1.54, 1.807) is 6.07 Å². The van der Waals surface area contributed by atoms with Crippen LogP contribution < -0.4 is 10.5 Å². The van der Waals surface area contributed by atoms with Crippen LogP contribution in [0.15, 0.2) is 24.3 Å². The molecule has 2 N–H and O–H groups in total. The molecule has 1 rings (SSSR count). The Morgan fingerprint density at radius 1 is 1.40 bits per heavy atom. The average molecular weight is 215 g/mol. The van der Waals surface area contributed by atoms with E-state index in [1.807, 2.05) is 0 Å². The van der Waals surface area contributed by atoms with Gasteiger partial charge in [0.25, 0.3) is 0 Å². The smallest absolute Gasteiger partial charge is 0.387 e. The molecule has 1 aromatic carbocycles. The second-order valence-corrected chi connectivity index (χ2v) is 3.03. The summed E-state index contributed by atoms with van der Waals surface area (Å²) in [6, 6.07) is 5.04. The van der Waals surface area contributed by atoms with Crippen molar-refractivity contribution in [2.24, 2.45) is 5.73 Å². The van der Waals surface area contributed by atoms with Crippen LogP contribution >= 0.6 is 0 Å². The largest absolute Gasteiger partial charge is 0.434 e. The van der Waals surface area contributed by atoms with Gasteiger partial charge in [0, 0.05) is 0 Å². The van der Waals surface area contributed by atoms with E-state index in [0.29, 0.717) is 0 Å². The van der Waals surface area contributed by atoms with Crippen molar-refractivity contribution < 1.29 is 18.3 Å². The van der Waals surface area contributed by atoms with Crippen molar-refractivity contribution in [1.82, 2.24) is 0 Å². The molecule has 0 aliphatic carbocycles. The Morgan fingerprint density at radius 3 is 2.53 bits per heavy atom. The first-order valence-electron chi connectivity index (χ1n) is 4.36. The van der Waals surface area contributed by atoms with Gasteiger partial charge in [-0.1, -0.05) is 12.1 Å². The van der Waals surface area contributed by atoms with Gasteiger partial charge in [0.2, 0.25) is 0 Å². The number of carbonyl (C=O) groups is 1. The van der Waals surface area contributed by atoms with Crippen LogP contribution in [0.5, 0.6) is 5.75 Å². The Balaban J connectivity index is 3.01. The van der Waals surface area contributed by atoms with E-state index in [-0.39, 0.29) is 11.3 Å². The van der Waals surface area contributed by atoms with Gasteiger partial charge in [-0.15, -0.1) is 0 Å². The van der Waals surface area contributed by atoms with E-state index in [0.717, 1.165) is 0 Å². The molecule has 0 radical (unpaired) electrons. The Morgan fingerprint density at radius 2 is 2.00 bits per heavy atom. The molecule has 0 heterocycles. The van der Waals surface area contributed by atoms with Crippen LogP contribution in [0.3, 0.4) is 0 Å². The highest BCUT2D eigenvalue weighted by Gasteiger charge is 2.17. The van der Waals surface area contributed by atoms with Crippen molar-refractivity contribution in [1.29, 1.82) is 0 Å². The van der Waals surface area contributed by atoms with Crippen LogP contribution in [-0.2, 0) is 0 Å². The minimum absolute atomic E-state index is 0.0767. The number of carbonyl (C=O) groups excluding carboxylic acids is 1. The van der Waals surface area contributed by atoms with Gasteiger partial charge in [0.1, 0.15) is 5.75 Å². The van der Waals surface area contributed by atoms with Crippen LogP contribution in [0.25, 0.3) is 0 Å². The molecule has 1 atom stereocenters. The zero-order valence-corrected chi connectivity index (χ0v) is 8.11. The molecule has 82 valence electrons. The second kappa shape index (κ2) is 4.84. The predicted octanol–water partition coefficient (Wildman–Crippen LogP) is 1.82. The van der Waals surface area contributed by atoms with Crippen LogP contribution in [0.2, 0.25) is 0 Å². The molecule has 0 spiro atoms. The summed E-state index contributed by atoms with van der Waals surface area (Å²) in [5, 5.41) is 0. The normalized spacial score (nSPS) is 12.6. The molecule has 1 aromatic rings. The molecule has 0 amide bonds. The van der Waals surface area contributed by atoms with Crippen molar-refractivity contribution in [2.75, 3.05) is 0 Å². The van der Waals surface area contributed by atoms with E-state index in [2.05, 4.69) is 4.74 Å². The number of hydrogen-bond acceptors (Lipinski definition) is 3. The maximum atomic E-state index is 12.0. The van der Waals surface area contributed by atoms with Gasteiger partial charge in [-0.3, -0.25) is 4.79 Å². The molecule has 0 aliphatic heterocycles. The highest BCUT2D eigenvalue weighted by molar-refractivity contribution is 6.01. The lowest BCUT2D eigenvalue weighted by Gasteiger charge is -2.10. The van der Waals surface area contributed by atoms with E-state index in [9.17, 15) is 13.6 Å². The number of nitrogens with two attached hydrogens (primary N) is 1. The van der Waals surface area contributed by atoms with Crippen LogP contribution in [0.1, 0.15) is 17.3 Å². The van der Waals surface area contributed by atoms with Crippen LogP contribution in [0, 0.1) is 0 Å². The lowest BCUT2D eigenvalue weighted by atomic mass is 10.1. The Labute approximate surface area is 85.8 Å². The maximum absolute atomic E-state index is 12.0. The number of rotatable bonds is 4. The van der Waals surface area contributed by atoms with Crippen molar-refractivity contribution in [3.63, 3.8) is 0 Å². The summed E-state index contributed by atoms with van der Waals surface area (Å²) in [5.41, 5.74) is 5.45. The summed E-state index contributed by atoms with van der Waals surface area (Å²) in [7, 11) is 0. The zero-order valence-electron chi connectivity index (χ0n) is 8.11. The third-order valence-electron chi connectivity index (χ3n) is 1.78. The summed E-state index contributed by atoms with van der Waals surface area (Å²) >= 11 is 0. The molecule has 1 unspecified atom stereocenters.